The normalized spacial score (nSPS) is 10.3. The molecule has 0 atom stereocenters. The summed E-state index contributed by atoms with van der Waals surface area (Å²) in [5.74, 6) is 0.194. The molecule has 2 N–H and O–H groups in total. The second-order valence-corrected chi connectivity index (χ2v) is 5.25. The number of aryl methyl sites for hydroxylation is 1. The standard InChI is InChI=1S/C14H13BrN2O3/c1-9-6-11(3-4-13(9)17(19)20)16-8-10-2-5-14(18)12(15)7-10/h2-7,16,18H,8H2,1H3. The van der Waals surface area contributed by atoms with E-state index in [-0.39, 0.29) is 11.4 Å². The highest BCUT2D eigenvalue weighted by molar-refractivity contribution is 9.10. The van der Waals surface area contributed by atoms with Crippen LogP contribution in [0.5, 0.6) is 5.75 Å². The number of hydrogen-bond donors (Lipinski definition) is 2. The molecule has 0 aromatic heterocycles. The first-order chi connectivity index (χ1) is 9.47. The Morgan fingerprint density at radius 2 is 2.05 bits per heavy atom. The molecule has 0 saturated heterocycles. The van der Waals surface area contributed by atoms with E-state index in [1.807, 2.05) is 12.1 Å². The van der Waals surface area contributed by atoms with E-state index >= 15 is 0 Å². The molecule has 5 nitrogen and oxygen atoms in total. The van der Waals surface area contributed by atoms with Crippen LogP contribution in [0.25, 0.3) is 0 Å². The largest absolute Gasteiger partial charge is 0.507 e. The maximum Gasteiger partial charge on any atom is 0.272 e. The van der Waals surface area contributed by atoms with Crippen molar-refractivity contribution in [1.29, 1.82) is 0 Å². The first-order valence-corrected chi connectivity index (χ1v) is 6.73. The zero-order valence-corrected chi connectivity index (χ0v) is 12.3. The fourth-order valence-corrected chi connectivity index (χ4v) is 2.26. The topological polar surface area (TPSA) is 75.4 Å². The smallest absolute Gasteiger partial charge is 0.272 e. The van der Waals surface area contributed by atoms with Crippen molar-refractivity contribution >= 4 is 27.3 Å². The van der Waals surface area contributed by atoms with Crippen LogP contribution >= 0.6 is 15.9 Å². The van der Waals surface area contributed by atoms with Crippen molar-refractivity contribution in [1.82, 2.24) is 0 Å². The number of nitro groups is 1. The van der Waals surface area contributed by atoms with Crippen LogP contribution in [0.3, 0.4) is 0 Å². The molecule has 20 heavy (non-hydrogen) atoms. The van der Waals surface area contributed by atoms with Crippen LogP contribution in [-0.4, -0.2) is 10.0 Å². The second-order valence-electron chi connectivity index (χ2n) is 4.40. The molecule has 0 radical (unpaired) electrons. The monoisotopic (exact) mass is 336 g/mol. The van der Waals surface area contributed by atoms with Crippen molar-refractivity contribution in [3.63, 3.8) is 0 Å². The molecule has 0 saturated carbocycles. The molecule has 104 valence electrons. The van der Waals surface area contributed by atoms with Crippen molar-refractivity contribution < 1.29 is 10.0 Å². The number of aromatic hydroxyl groups is 1. The number of rotatable bonds is 4. The summed E-state index contributed by atoms with van der Waals surface area (Å²) in [6.45, 7) is 2.27. The van der Waals surface area contributed by atoms with Gasteiger partial charge in [0.1, 0.15) is 5.75 Å². The van der Waals surface area contributed by atoms with Crippen molar-refractivity contribution in [2.45, 2.75) is 13.5 Å². The molecular weight excluding hydrogens is 324 g/mol. The number of hydrogen-bond acceptors (Lipinski definition) is 4. The summed E-state index contributed by atoms with van der Waals surface area (Å²) in [6.07, 6.45) is 0. The molecule has 6 heteroatoms. The molecule has 2 aromatic rings. The van der Waals surface area contributed by atoms with E-state index in [1.165, 1.54) is 6.07 Å². The van der Waals surface area contributed by atoms with Crippen LogP contribution in [0, 0.1) is 17.0 Å². The number of nitrogens with zero attached hydrogens (tertiary/aromatic N) is 1. The van der Waals surface area contributed by atoms with Crippen molar-refractivity contribution in [3.8, 4) is 5.75 Å². The second kappa shape index (κ2) is 5.92. The molecule has 0 aliphatic carbocycles. The average molecular weight is 337 g/mol. The minimum atomic E-state index is -0.393. The van der Waals surface area contributed by atoms with E-state index in [2.05, 4.69) is 21.2 Å². The van der Waals surface area contributed by atoms with Gasteiger partial charge in [-0.25, -0.2) is 0 Å². The maximum atomic E-state index is 10.7. The van der Waals surface area contributed by atoms with E-state index in [9.17, 15) is 15.2 Å². The van der Waals surface area contributed by atoms with Gasteiger partial charge in [0.25, 0.3) is 5.69 Å². The zero-order valence-electron chi connectivity index (χ0n) is 10.8. The van der Waals surface area contributed by atoms with Crippen LogP contribution in [0.2, 0.25) is 0 Å². The third-order valence-electron chi connectivity index (χ3n) is 2.90. The summed E-state index contributed by atoms with van der Waals surface area (Å²) in [6, 6.07) is 10.2. The number of phenolic OH excluding ortho intramolecular Hbond substituents is 1. The number of nitrogens with one attached hydrogen (secondary N) is 1. The Hall–Kier alpha value is -2.08. The van der Waals surface area contributed by atoms with E-state index in [0.717, 1.165) is 11.3 Å². The summed E-state index contributed by atoms with van der Waals surface area (Å²) in [7, 11) is 0. The first-order valence-electron chi connectivity index (χ1n) is 5.93. The highest BCUT2D eigenvalue weighted by Gasteiger charge is 2.09. The molecule has 0 bridgehead atoms. The maximum absolute atomic E-state index is 10.7. The number of phenols is 1. The predicted octanol–water partition coefficient (Wildman–Crippen LogP) is 3.98. The van der Waals surface area contributed by atoms with Crippen LogP contribution < -0.4 is 5.32 Å². The Balaban J connectivity index is 2.09. The van der Waals surface area contributed by atoms with E-state index in [0.29, 0.717) is 16.6 Å². The van der Waals surface area contributed by atoms with Gasteiger partial charge in [-0.1, -0.05) is 6.07 Å². The predicted molar refractivity (Wildman–Crippen MR) is 81.0 cm³/mol. The Kier molecular flexibility index (Phi) is 4.24. The number of benzene rings is 2. The lowest BCUT2D eigenvalue weighted by atomic mass is 10.1. The van der Waals surface area contributed by atoms with Gasteiger partial charge in [-0.05, 0) is 52.7 Å². The van der Waals surface area contributed by atoms with Gasteiger partial charge in [0.2, 0.25) is 0 Å². The molecule has 0 heterocycles. The first kappa shape index (κ1) is 14.3. The van der Waals surface area contributed by atoms with E-state index < -0.39 is 4.92 Å². The summed E-state index contributed by atoms with van der Waals surface area (Å²) < 4.78 is 0.636. The summed E-state index contributed by atoms with van der Waals surface area (Å²) in [4.78, 5) is 10.3. The Morgan fingerprint density at radius 1 is 1.30 bits per heavy atom. The lowest BCUT2D eigenvalue weighted by Gasteiger charge is -2.08. The average Bonchev–Trinajstić information content (AvgIpc) is 2.40. The van der Waals surface area contributed by atoms with Gasteiger partial charge in [0.05, 0.1) is 9.40 Å². The molecule has 0 aliphatic heterocycles. The molecule has 2 rings (SSSR count). The van der Waals surface area contributed by atoms with Crippen molar-refractivity contribution in [2.75, 3.05) is 5.32 Å². The highest BCUT2D eigenvalue weighted by Crippen LogP contribution is 2.25. The van der Waals surface area contributed by atoms with Gasteiger partial charge in [0.15, 0.2) is 0 Å². The van der Waals surface area contributed by atoms with Gasteiger partial charge in [-0.3, -0.25) is 10.1 Å². The lowest BCUT2D eigenvalue weighted by molar-refractivity contribution is -0.385. The minimum absolute atomic E-state index is 0.114. The molecular formula is C14H13BrN2O3. The van der Waals surface area contributed by atoms with Gasteiger partial charge < -0.3 is 10.4 Å². The molecule has 0 fully saturated rings. The van der Waals surface area contributed by atoms with Crippen molar-refractivity contribution in [2.24, 2.45) is 0 Å². The lowest BCUT2D eigenvalue weighted by Crippen LogP contribution is -2.00. The number of anilines is 1. The van der Waals surface area contributed by atoms with Crippen LogP contribution in [0.4, 0.5) is 11.4 Å². The Labute approximate surface area is 124 Å². The Morgan fingerprint density at radius 3 is 2.65 bits per heavy atom. The highest BCUT2D eigenvalue weighted by atomic mass is 79.9. The molecule has 0 unspecified atom stereocenters. The molecule has 2 aromatic carbocycles. The van der Waals surface area contributed by atoms with Crippen LogP contribution in [0.1, 0.15) is 11.1 Å². The number of nitro benzene ring substituents is 1. The van der Waals surface area contributed by atoms with Gasteiger partial charge in [0, 0.05) is 23.9 Å². The fourth-order valence-electron chi connectivity index (χ4n) is 1.83. The third kappa shape index (κ3) is 3.27. The summed E-state index contributed by atoms with van der Waals surface area (Å²) in [5, 5.41) is 23.3. The van der Waals surface area contributed by atoms with Crippen LogP contribution in [0.15, 0.2) is 40.9 Å². The van der Waals surface area contributed by atoms with Crippen LogP contribution in [-0.2, 0) is 6.54 Å². The third-order valence-corrected chi connectivity index (χ3v) is 3.54. The molecule has 0 amide bonds. The summed E-state index contributed by atoms with van der Waals surface area (Å²) in [5.41, 5.74) is 2.54. The summed E-state index contributed by atoms with van der Waals surface area (Å²) >= 11 is 3.26. The zero-order chi connectivity index (χ0) is 14.7. The molecule has 0 aliphatic rings. The Bertz CT molecular complexity index is 659. The van der Waals surface area contributed by atoms with Gasteiger partial charge >= 0.3 is 0 Å². The fraction of sp³-hybridized carbons (Fsp3) is 0.143. The number of halogens is 1. The SMILES string of the molecule is Cc1cc(NCc2ccc(O)c(Br)c2)ccc1[N+](=O)[O-]. The van der Waals surface area contributed by atoms with Crippen molar-refractivity contribution in [3.05, 3.63) is 62.1 Å². The quantitative estimate of drug-likeness (QED) is 0.654. The van der Waals surface area contributed by atoms with E-state index in [1.54, 1.807) is 25.1 Å². The minimum Gasteiger partial charge on any atom is -0.507 e. The van der Waals surface area contributed by atoms with Gasteiger partial charge in [-0.2, -0.15) is 0 Å². The molecule has 0 spiro atoms. The van der Waals surface area contributed by atoms with Gasteiger partial charge in [-0.15, -0.1) is 0 Å². The van der Waals surface area contributed by atoms with E-state index in [4.69, 9.17) is 0 Å².